The van der Waals surface area contributed by atoms with Crippen molar-refractivity contribution in [2.75, 3.05) is 36.0 Å². The molecule has 116 valence electrons. The van der Waals surface area contributed by atoms with Crippen molar-refractivity contribution in [3.8, 4) is 0 Å². The van der Waals surface area contributed by atoms with Gasteiger partial charge in [-0.25, -0.2) is 4.98 Å². The average molecular weight is 295 g/mol. The smallest absolute Gasteiger partial charge is 0.152 e. The Morgan fingerprint density at radius 3 is 2.09 bits per heavy atom. The van der Waals surface area contributed by atoms with Crippen LogP contribution in [-0.2, 0) is 0 Å². The van der Waals surface area contributed by atoms with Crippen molar-refractivity contribution in [1.29, 1.82) is 0 Å². The summed E-state index contributed by atoms with van der Waals surface area (Å²) in [4.78, 5) is 10.1. The lowest BCUT2D eigenvalue weighted by Gasteiger charge is -2.35. The summed E-state index contributed by atoms with van der Waals surface area (Å²) < 4.78 is 0. The number of rotatable bonds is 2. The van der Waals surface area contributed by atoms with Crippen LogP contribution in [-0.4, -0.2) is 31.2 Å². The first-order valence-corrected chi connectivity index (χ1v) is 8.81. The standard InChI is InChI=1S/C19H25N3/c1-5-11-21(12-6-1)18-15-16-9-3-4-10-17(16)20-19(18)22-13-7-2-8-14-22/h3-4,9-10,15H,1-2,5-8,11-14H2. The first-order valence-electron chi connectivity index (χ1n) is 8.81. The number of hydrogen-bond donors (Lipinski definition) is 0. The van der Waals surface area contributed by atoms with Crippen molar-refractivity contribution in [1.82, 2.24) is 4.98 Å². The van der Waals surface area contributed by atoms with Crippen LogP contribution >= 0.6 is 0 Å². The van der Waals surface area contributed by atoms with E-state index in [0.717, 1.165) is 18.6 Å². The zero-order valence-electron chi connectivity index (χ0n) is 13.3. The maximum absolute atomic E-state index is 5.06. The van der Waals surface area contributed by atoms with E-state index in [1.54, 1.807) is 0 Å². The lowest BCUT2D eigenvalue weighted by atomic mass is 10.1. The van der Waals surface area contributed by atoms with Gasteiger partial charge in [0, 0.05) is 31.6 Å². The predicted molar refractivity (Wildman–Crippen MR) is 93.9 cm³/mol. The van der Waals surface area contributed by atoms with Gasteiger partial charge >= 0.3 is 0 Å². The van der Waals surface area contributed by atoms with Crippen LogP contribution in [0.2, 0.25) is 0 Å². The van der Waals surface area contributed by atoms with E-state index >= 15 is 0 Å². The quantitative estimate of drug-likeness (QED) is 0.827. The molecule has 0 atom stereocenters. The van der Waals surface area contributed by atoms with Gasteiger partial charge in [-0.05, 0) is 50.7 Å². The van der Waals surface area contributed by atoms with E-state index in [2.05, 4.69) is 40.1 Å². The molecule has 2 aliphatic rings. The van der Waals surface area contributed by atoms with E-state index < -0.39 is 0 Å². The van der Waals surface area contributed by atoms with Crippen molar-refractivity contribution in [3.05, 3.63) is 30.3 Å². The molecule has 3 heterocycles. The number of benzene rings is 1. The highest BCUT2D eigenvalue weighted by Gasteiger charge is 2.21. The van der Waals surface area contributed by atoms with E-state index in [9.17, 15) is 0 Å². The first-order chi connectivity index (χ1) is 10.9. The summed E-state index contributed by atoms with van der Waals surface area (Å²) >= 11 is 0. The Bertz CT molecular complexity index is 584. The van der Waals surface area contributed by atoms with Crippen LogP contribution in [0.3, 0.4) is 0 Å². The van der Waals surface area contributed by atoms with Crippen LogP contribution in [0, 0.1) is 0 Å². The third-order valence-electron chi connectivity index (χ3n) is 5.04. The number of para-hydroxylation sites is 1. The number of fused-ring (bicyclic) bond motifs is 1. The fourth-order valence-corrected chi connectivity index (χ4v) is 3.80. The zero-order chi connectivity index (χ0) is 14.8. The van der Waals surface area contributed by atoms with Crippen molar-refractivity contribution >= 4 is 22.4 Å². The van der Waals surface area contributed by atoms with E-state index in [1.807, 2.05) is 0 Å². The predicted octanol–water partition coefficient (Wildman–Crippen LogP) is 4.22. The Kier molecular flexibility index (Phi) is 3.88. The molecule has 0 saturated carbocycles. The Morgan fingerprint density at radius 1 is 0.727 bits per heavy atom. The number of pyridine rings is 1. The van der Waals surface area contributed by atoms with E-state index in [0.29, 0.717) is 0 Å². The van der Waals surface area contributed by atoms with E-state index in [1.165, 1.54) is 68.5 Å². The van der Waals surface area contributed by atoms with Gasteiger partial charge in [-0.1, -0.05) is 18.2 Å². The second-order valence-corrected chi connectivity index (χ2v) is 6.62. The Hall–Kier alpha value is -1.77. The monoisotopic (exact) mass is 295 g/mol. The average Bonchev–Trinajstić information content (AvgIpc) is 2.62. The number of anilines is 2. The number of piperidine rings is 2. The molecular weight excluding hydrogens is 270 g/mol. The van der Waals surface area contributed by atoms with Gasteiger partial charge in [0.2, 0.25) is 0 Å². The molecule has 0 N–H and O–H groups in total. The maximum Gasteiger partial charge on any atom is 0.152 e. The van der Waals surface area contributed by atoms with Gasteiger partial charge < -0.3 is 9.80 Å². The molecule has 0 spiro atoms. The van der Waals surface area contributed by atoms with Crippen LogP contribution in [0.5, 0.6) is 0 Å². The highest BCUT2D eigenvalue weighted by molar-refractivity contribution is 5.87. The zero-order valence-corrected chi connectivity index (χ0v) is 13.3. The van der Waals surface area contributed by atoms with Gasteiger partial charge in [-0.2, -0.15) is 0 Å². The van der Waals surface area contributed by atoms with Crippen molar-refractivity contribution in [2.45, 2.75) is 38.5 Å². The highest BCUT2D eigenvalue weighted by atomic mass is 15.2. The van der Waals surface area contributed by atoms with Gasteiger partial charge in [0.1, 0.15) is 0 Å². The first kappa shape index (κ1) is 13.9. The molecule has 4 rings (SSSR count). The van der Waals surface area contributed by atoms with Crippen LogP contribution in [0.1, 0.15) is 38.5 Å². The summed E-state index contributed by atoms with van der Waals surface area (Å²) in [5.74, 6) is 1.22. The second kappa shape index (κ2) is 6.15. The lowest BCUT2D eigenvalue weighted by Crippen LogP contribution is -2.35. The Labute approximate surface area is 132 Å². The summed E-state index contributed by atoms with van der Waals surface area (Å²) in [6, 6.07) is 10.9. The Balaban J connectivity index is 1.79. The third-order valence-corrected chi connectivity index (χ3v) is 5.04. The van der Waals surface area contributed by atoms with Gasteiger partial charge in [-0.3, -0.25) is 0 Å². The normalized spacial score (nSPS) is 19.6. The summed E-state index contributed by atoms with van der Waals surface area (Å²) in [5.41, 5.74) is 2.49. The number of hydrogen-bond acceptors (Lipinski definition) is 3. The molecule has 2 saturated heterocycles. The fraction of sp³-hybridized carbons (Fsp3) is 0.526. The fourth-order valence-electron chi connectivity index (χ4n) is 3.80. The minimum atomic E-state index is 1.13. The molecule has 1 aromatic heterocycles. The highest BCUT2D eigenvalue weighted by Crippen LogP contribution is 2.34. The molecule has 3 nitrogen and oxygen atoms in total. The largest absolute Gasteiger partial charge is 0.369 e. The molecule has 0 unspecified atom stereocenters. The van der Waals surface area contributed by atoms with Crippen LogP contribution < -0.4 is 9.80 Å². The minimum absolute atomic E-state index is 1.13. The molecular formula is C19H25N3. The summed E-state index contributed by atoms with van der Waals surface area (Å²) in [7, 11) is 0. The van der Waals surface area contributed by atoms with E-state index in [-0.39, 0.29) is 0 Å². The molecule has 2 fully saturated rings. The van der Waals surface area contributed by atoms with Gasteiger partial charge in [0.25, 0.3) is 0 Å². The summed E-state index contributed by atoms with van der Waals surface area (Å²) in [6.07, 6.45) is 7.96. The minimum Gasteiger partial charge on any atom is -0.369 e. The van der Waals surface area contributed by atoms with Crippen molar-refractivity contribution < 1.29 is 0 Å². The molecule has 0 bridgehead atoms. The SMILES string of the molecule is c1ccc2nc(N3CCCCC3)c(N3CCCCC3)cc2c1. The van der Waals surface area contributed by atoms with Crippen molar-refractivity contribution in [2.24, 2.45) is 0 Å². The lowest BCUT2D eigenvalue weighted by molar-refractivity contribution is 0.562. The topological polar surface area (TPSA) is 19.4 Å². The van der Waals surface area contributed by atoms with Crippen molar-refractivity contribution in [3.63, 3.8) is 0 Å². The van der Waals surface area contributed by atoms with Crippen LogP contribution in [0.15, 0.2) is 30.3 Å². The second-order valence-electron chi connectivity index (χ2n) is 6.62. The maximum atomic E-state index is 5.06. The van der Waals surface area contributed by atoms with Crippen LogP contribution in [0.25, 0.3) is 10.9 Å². The molecule has 2 aliphatic heterocycles. The van der Waals surface area contributed by atoms with Gasteiger partial charge in [0.15, 0.2) is 5.82 Å². The molecule has 0 aliphatic carbocycles. The summed E-state index contributed by atoms with van der Waals surface area (Å²) in [6.45, 7) is 4.68. The molecule has 3 heteroatoms. The molecule has 1 aromatic carbocycles. The summed E-state index contributed by atoms with van der Waals surface area (Å²) in [5, 5.41) is 1.27. The molecule has 0 amide bonds. The molecule has 0 radical (unpaired) electrons. The Morgan fingerprint density at radius 2 is 1.36 bits per heavy atom. The van der Waals surface area contributed by atoms with Crippen LogP contribution in [0.4, 0.5) is 11.5 Å². The number of aromatic nitrogens is 1. The number of nitrogens with zero attached hydrogens (tertiary/aromatic N) is 3. The molecule has 22 heavy (non-hydrogen) atoms. The van der Waals surface area contributed by atoms with Gasteiger partial charge in [0.05, 0.1) is 11.2 Å². The third kappa shape index (κ3) is 2.65. The van der Waals surface area contributed by atoms with Gasteiger partial charge in [-0.15, -0.1) is 0 Å². The van der Waals surface area contributed by atoms with E-state index in [4.69, 9.17) is 4.98 Å². The molecule has 2 aromatic rings.